The van der Waals surface area contributed by atoms with E-state index in [-0.39, 0.29) is 0 Å². The van der Waals surface area contributed by atoms with E-state index in [0.717, 1.165) is 0 Å². The van der Waals surface area contributed by atoms with Crippen LogP contribution in [0.2, 0.25) is 0 Å². The van der Waals surface area contributed by atoms with Crippen molar-refractivity contribution in [3.63, 3.8) is 0 Å². The van der Waals surface area contributed by atoms with Crippen molar-refractivity contribution in [1.29, 1.82) is 0 Å². The second kappa shape index (κ2) is 1.87. The van der Waals surface area contributed by atoms with Gasteiger partial charge < -0.3 is 15.3 Å². The highest BCUT2D eigenvalue weighted by Crippen LogP contribution is 1.96. The highest BCUT2D eigenvalue weighted by Gasteiger charge is 2.18. The molecule has 0 aromatic rings. The first kappa shape index (κ1) is 5.78. The Morgan fingerprint density at radius 2 is 2.62 bits per heavy atom. The number of rotatable bonds is 0. The molecule has 0 amide bonds. The Bertz CT molecular complexity index is 117. The zero-order valence-corrected chi connectivity index (χ0v) is 5.40. The second-order valence-corrected chi connectivity index (χ2v) is 2.23. The van der Waals surface area contributed by atoms with Crippen LogP contribution in [0.3, 0.4) is 0 Å². The SMILES string of the molecule is CN1CC(O)NC1=S. The Kier molecular flexibility index (Phi) is 1.35. The van der Waals surface area contributed by atoms with Gasteiger partial charge in [-0.05, 0) is 12.2 Å². The minimum Gasteiger partial charge on any atom is -0.372 e. The van der Waals surface area contributed by atoms with Gasteiger partial charge >= 0.3 is 0 Å². The third-order valence-electron chi connectivity index (χ3n) is 1.08. The van der Waals surface area contributed by atoms with E-state index in [4.69, 9.17) is 17.3 Å². The van der Waals surface area contributed by atoms with E-state index in [0.29, 0.717) is 11.7 Å². The number of nitrogens with zero attached hydrogens (tertiary/aromatic N) is 1. The fourth-order valence-electron chi connectivity index (χ4n) is 0.641. The molecular formula is C4H8N2OS. The van der Waals surface area contributed by atoms with Crippen LogP contribution < -0.4 is 5.32 Å². The van der Waals surface area contributed by atoms with Crippen molar-refractivity contribution in [2.45, 2.75) is 6.23 Å². The Labute approximate surface area is 53.3 Å². The van der Waals surface area contributed by atoms with E-state index in [1.54, 1.807) is 4.90 Å². The summed E-state index contributed by atoms with van der Waals surface area (Å²) >= 11 is 4.77. The van der Waals surface area contributed by atoms with E-state index in [9.17, 15) is 0 Å². The monoisotopic (exact) mass is 132 g/mol. The molecule has 1 unspecified atom stereocenters. The number of hydrogen-bond donors (Lipinski definition) is 2. The lowest BCUT2D eigenvalue weighted by Gasteiger charge is -2.04. The van der Waals surface area contributed by atoms with Crippen molar-refractivity contribution in [1.82, 2.24) is 10.2 Å². The molecule has 0 aromatic carbocycles. The lowest BCUT2D eigenvalue weighted by atomic mass is 10.6. The van der Waals surface area contributed by atoms with Crippen LogP contribution in [0.5, 0.6) is 0 Å². The van der Waals surface area contributed by atoms with Crippen LogP contribution in [0.25, 0.3) is 0 Å². The van der Waals surface area contributed by atoms with Gasteiger partial charge in [0.1, 0.15) is 6.23 Å². The predicted octanol–water partition coefficient (Wildman–Crippen LogP) is -0.875. The van der Waals surface area contributed by atoms with Crippen LogP contribution >= 0.6 is 12.2 Å². The van der Waals surface area contributed by atoms with Crippen LogP contribution in [0.1, 0.15) is 0 Å². The van der Waals surface area contributed by atoms with Crippen molar-refractivity contribution in [2.75, 3.05) is 13.6 Å². The average Bonchev–Trinajstić information content (AvgIpc) is 1.85. The van der Waals surface area contributed by atoms with Crippen molar-refractivity contribution >= 4 is 17.3 Å². The highest BCUT2D eigenvalue weighted by molar-refractivity contribution is 7.80. The van der Waals surface area contributed by atoms with Crippen LogP contribution in [0.4, 0.5) is 0 Å². The maximum Gasteiger partial charge on any atom is 0.170 e. The molecule has 0 aromatic heterocycles. The number of thiocarbonyl (C=S) groups is 1. The van der Waals surface area contributed by atoms with E-state index in [1.807, 2.05) is 7.05 Å². The van der Waals surface area contributed by atoms with E-state index in [2.05, 4.69) is 5.32 Å². The molecule has 3 nitrogen and oxygen atoms in total. The van der Waals surface area contributed by atoms with Crippen LogP contribution in [-0.4, -0.2) is 34.9 Å². The summed E-state index contributed by atoms with van der Waals surface area (Å²) in [7, 11) is 1.84. The second-order valence-electron chi connectivity index (χ2n) is 1.85. The van der Waals surface area contributed by atoms with Gasteiger partial charge in [-0.3, -0.25) is 0 Å². The third kappa shape index (κ3) is 0.900. The van der Waals surface area contributed by atoms with Crippen molar-refractivity contribution < 1.29 is 5.11 Å². The zero-order chi connectivity index (χ0) is 6.15. The molecule has 2 N–H and O–H groups in total. The van der Waals surface area contributed by atoms with Crippen molar-refractivity contribution in [3.05, 3.63) is 0 Å². The molecule has 4 heteroatoms. The van der Waals surface area contributed by atoms with Gasteiger partial charge in [0.15, 0.2) is 5.11 Å². The van der Waals surface area contributed by atoms with Crippen molar-refractivity contribution in [3.8, 4) is 0 Å². The van der Waals surface area contributed by atoms with Gasteiger partial charge in [-0.25, -0.2) is 0 Å². The lowest BCUT2D eigenvalue weighted by Crippen LogP contribution is -2.26. The fourth-order valence-corrected chi connectivity index (χ4v) is 0.851. The van der Waals surface area contributed by atoms with Gasteiger partial charge in [0.05, 0.1) is 6.54 Å². The first-order valence-electron chi connectivity index (χ1n) is 2.40. The number of hydrogen-bond acceptors (Lipinski definition) is 2. The smallest absolute Gasteiger partial charge is 0.170 e. The Morgan fingerprint density at radius 3 is 2.75 bits per heavy atom. The Morgan fingerprint density at radius 1 is 2.00 bits per heavy atom. The molecule has 46 valence electrons. The third-order valence-corrected chi connectivity index (χ3v) is 1.51. The first-order valence-corrected chi connectivity index (χ1v) is 2.80. The summed E-state index contributed by atoms with van der Waals surface area (Å²) in [4.78, 5) is 1.79. The summed E-state index contributed by atoms with van der Waals surface area (Å²) in [6, 6.07) is 0. The molecule has 1 rings (SSSR count). The molecule has 1 aliphatic rings. The molecule has 1 atom stereocenters. The van der Waals surface area contributed by atoms with E-state index < -0.39 is 6.23 Å². The number of aliphatic hydroxyl groups excluding tert-OH is 1. The maximum atomic E-state index is 8.83. The first-order chi connectivity index (χ1) is 3.70. The van der Waals surface area contributed by atoms with Crippen molar-refractivity contribution in [2.24, 2.45) is 0 Å². The molecule has 8 heavy (non-hydrogen) atoms. The maximum absolute atomic E-state index is 8.83. The van der Waals surface area contributed by atoms with Gasteiger partial charge in [0.25, 0.3) is 0 Å². The fraction of sp³-hybridized carbons (Fsp3) is 0.750. The summed E-state index contributed by atoms with van der Waals surface area (Å²) in [5.74, 6) is 0. The molecule has 1 saturated heterocycles. The molecule has 0 radical (unpaired) electrons. The van der Waals surface area contributed by atoms with Gasteiger partial charge in [-0.15, -0.1) is 0 Å². The molecule has 0 saturated carbocycles. The molecule has 1 aliphatic heterocycles. The normalized spacial score (nSPS) is 28.5. The molecule has 0 spiro atoms. The molecule has 1 heterocycles. The molecule has 1 fully saturated rings. The quantitative estimate of drug-likeness (QED) is 0.420. The molecular weight excluding hydrogens is 124 g/mol. The largest absolute Gasteiger partial charge is 0.372 e. The minimum absolute atomic E-state index is 0.465. The van der Waals surface area contributed by atoms with E-state index in [1.165, 1.54) is 0 Å². The summed E-state index contributed by atoms with van der Waals surface area (Å²) in [6.07, 6.45) is -0.465. The summed E-state index contributed by atoms with van der Waals surface area (Å²) in [5.41, 5.74) is 0. The van der Waals surface area contributed by atoms with Gasteiger partial charge in [0, 0.05) is 7.05 Å². The zero-order valence-electron chi connectivity index (χ0n) is 4.59. The molecule has 0 bridgehead atoms. The summed E-state index contributed by atoms with van der Waals surface area (Å²) in [6.45, 7) is 0.596. The topological polar surface area (TPSA) is 35.5 Å². The average molecular weight is 132 g/mol. The lowest BCUT2D eigenvalue weighted by molar-refractivity contribution is 0.165. The van der Waals surface area contributed by atoms with Gasteiger partial charge in [-0.1, -0.05) is 0 Å². The van der Waals surface area contributed by atoms with Crippen LogP contribution in [-0.2, 0) is 0 Å². The van der Waals surface area contributed by atoms with Gasteiger partial charge in [0.2, 0.25) is 0 Å². The number of aliphatic hydroxyl groups is 1. The summed E-state index contributed by atoms with van der Waals surface area (Å²) < 4.78 is 0. The van der Waals surface area contributed by atoms with Crippen LogP contribution in [0.15, 0.2) is 0 Å². The number of likely N-dealkylation sites (N-methyl/N-ethyl adjacent to an activating group) is 1. The summed E-state index contributed by atoms with van der Waals surface area (Å²) in [5, 5.41) is 12.1. The predicted molar refractivity (Wildman–Crippen MR) is 34.4 cm³/mol. The Hall–Kier alpha value is -0.350. The number of β-amino-alcohol motifs (C(OH)–C–C–N with tert-alkyl or cyclic N) is 1. The highest BCUT2D eigenvalue weighted by atomic mass is 32.1. The van der Waals surface area contributed by atoms with Gasteiger partial charge in [-0.2, -0.15) is 0 Å². The van der Waals surface area contributed by atoms with Crippen LogP contribution in [0, 0.1) is 0 Å². The molecule has 0 aliphatic carbocycles. The standard InChI is InChI=1S/C4H8N2OS/c1-6-2-3(7)5-4(6)8/h3,7H,2H2,1H3,(H,5,8). The Balaban J connectivity index is 2.51. The van der Waals surface area contributed by atoms with E-state index >= 15 is 0 Å². The number of nitrogens with one attached hydrogen (secondary N) is 1. The minimum atomic E-state index is -0.465.